The summed E-state index contributed by atoms with van der Waals surface area (Å²) in [6, 6.07) is 0. The van der Waals surface area contributed by atoms with Gasteiger partial charge in [0.05, 0.1) is 0 Å². The van der Waals surface area contributed by atoms with Crippen molar-refractivity contribution in [1.29, 1.82) is 0 Å². The second-order valence-electron chi connectivity index (χ2n) is 5.01. The zero-order valence-corrected chi connectivity index (χ0v) is 11.7. The van der Waals surface area contributed by atoms with Crippen molar-refractivity contribution in [3.05, 3.63) is 5.28 Å². The predicted molar refractivity (Wildman–Crippen MR) is 74.0 cm³/mol. The summed E-state index contributed by atoms with van der Waals surface area (Å²) in [5, 5.41) is 6.34. The minimum absolute atomic E-state index is 0.217. The summed E-state index contributed by atoms with van der Waals surface area (Å²) in [5.74, 6) is 2.64. The molecule has 0 spiro atoms. The number of rotatable bonds is 4. The average Bonchev–Trinajstić information content (AvgIpc) is 2.37. The van der Waals surface area contributed by atoms with E-state index in [-0.39, 0.29) is 5.28 Å². The Morgan fingerprint density at radius 1 is 1.11 bits per heavy atom. The first-order chi connectivity index (χ1) is 8.67. The average molecular weight is 270 g/mol. The SMILES string of the molecule is CNc1nc(Cl)nc(NCC2CCC(C)CC2)n1. The Bertz CT molecular complexity index is 390. The van der Waals surface area contributed by atoms with Gasteiger partial charge < -0.3 is 10.6 Å². The number of anilines is 2. The minimum atomic E-state index is 0.217. The molecule has 0 bridgehead atoms. The molecule has 0 radical (unpaired) electrons. The second-order valence-corrected chi connectivity index (χ2v) is 5.35. The normalized spacial score (nSPS) is 23.7. The number of halogens is 1. The number of nitrogens with one attached hydrogen (secondary N) is 2. The predicted octanol–water partition coefficient (Wildman–Crippen LogP) is 2.80. The van der Waals surface area contributed by atoms with Gasteiger partial charge in [0.1, 0.15) is 0 Å². The van der Waals surface area contributed by atoms with Crippen LogP contribution in [0.15, 0.2) is 0 Å². The van der Waals surface area contributed by atoms with Gasteiger partial charge in [0.2, 0.25) is 17.2 Å². The molecule has 6 heteroatoms. The third kappa shape index (κ3) is 3.70. The summed E-state index contributed by atoms with van der Waals surface area (Å²) < 4.78 is 0. The lowest BCUT2D eigenvalue weighted by Crippen LogP contribution is -2.21. The molecule has 1 aromatic rings. The molecule has 100 valence electrons. The largest absolute Gasteiger partial charge is 0.357 e. The summed E-state index contributed by atoms with van der Waals surface area (Å²) in [6.45, 7) is 3.24. The minimum Gasteiger partial charge on any atom is -0.357 e. The quantitative estimate of drug-likeness (QED) is 0.880. The maximum absolute atomic E-state index is 5.83. The fourth-order valence-corrected chi connectivity index (χ4v) is 2.47. The molecule has 18 heavy (non-hydrogen) atoms. The molecule has 2 rings (SSSR count). The highest BCUT2D eigenvalue weighted by atomic mass is 35.5. The van der Waals surface area contributed by atoms with Gasteiger partial charge in [-0.1, -0.05) is 19.8 Å². The van der Waals surface area contributed by atoms with Crippen LogP contribution in [-0.2, 0) is 0 Å². The lowest BCUT2D eigenvalue weighted by atomic mass is 9.83. The first kappa shape index (κ1) is 13.3. The van der Waals surface area contributed by atoms with E-state index in [1.807, 2.05) is 0 Å². The Morgan fingerprint density at radius 2 is 1.78 bits per heavy atom. The fourth-order valence-electron chi connectivity index (χ4n) is 2.31. The van der Waals surface area contributed by atoms with Crippen LogP contribution in [-0.4, -0.2) is 28.5 Å². The first-order valence-corrected chi connectivity index (χ1v) is 6.88. The van der Waals surface area contributed by atoms with Crippen LogP contribution in [0.5, 0.6) is 0 Å². The summed E-state index contributed by atoms with van der Waals surface area (Å²) in [5.41, 5.74) is 0. The Balaban J connectivity index is 1.88. The van der Waals surface area contributed by atoms with Crippen molar-refractivity contribution in [3.8, 4) is 0 Å². The fraction of sp³-hybridized carbons (Fsp3) is 0.750. The molecule has 1 aliphatic rings. The van der Waals surface area contributed by atoms with Crippen molar-refractivity contribution >= 4 is 23.5 Å². The molecule has 1 heterocycles. The summed E-state index contributed by atoms with van der Waals surface area (Å²) in [4.78, 5) is 12.2. The summed E-state index contributed by atoms with van der Waals surface area (Å²) >= 11 is 5.83. The maximum atomic E-state index is 5.83. The summed E-state index contributed by atoms with van der Waals surface area (Å²) in [6.07, 6.45) is 5.22. The van der Waals surface area contributed by atoms with Gasteiger partial charge in [-0.3, -0.25) is 0 Å². The van der Waals surface area contributed by atoms with E-state index < -0.39 is 0 Å². The standard InChI is InChI=1S/C12H20ClN5/c1-8-3-5-9(6-4-8)7-15-12-17-10(13)16-11(14-2)18-12/h8-9H,3-7H2,1-2H3,(H2,14,15,16,17,18). The van der Waals surface area contributed by atoms with Gasteiger partial charge in [0.15, 0.2) is 0 Å². The Kier molecular flexibility index (Phi) is 4.58. The van der Waals surface area contributed by atoms with E-state index in [1.165, 1.54) is 25.7 Å². The monoisotopic (exact) mass is 269 g/mol. The molecule has 0 saturated heterocycles. The smallest absolute Gasteiger partial charge is 0.228 e. The molecule has 0 amide bonds. The van der Waals surface area contributed by atoms with E-state index >= 15 is 0 Å². The van der Waals surface area contributed by atoms with Crippen LogP contribution in [0.2, 0.25) is 5.28 Å². The number of nitrogens with zero attached hydrogens (tertiary/aromatic N) is 3. The van der Waals surface area contributed by atoms with Crippen molar-refractivity contribution < 1.29 is 0 Å². The van der Waals surface area contributed by atoms with Gasteiger partial charge in [-0.15, -0.1) is 0 Å². The van der Waals surface area contributed by atoms with E-state index in [1.54, 1.807) is 7.05 Å². The third-order valence-corrected chi connectivity index (χ3v) is 3.69. The van der Waals surface area contributed by atoms with E-state index in [4.69, 9.17) is 11.6 Å². The Labute approximate surface area is 113 Å². The van der Waals surface area contributed by atoms with E-state index in [9.17, 15) is 0 Å². The van der Waals surface area contributed by atoms with Crippen molar-refractivity contribution in [2.75, 3.05) is 24.2 Å². The van der Waals surface area contributed by atoms with E-state index in [0.717, 1.165) is 18.4 Å². The van der Waals surface area contributed by atoms with Crippen molar-refractivity contribution in [1.82, 2.24) is 15.0 Å². The van der Waals surface area contributed by atoms with Gasteiger partial charge >= 0.3 is 0 Å². The van der Waals surface area contributed by atoms with Crippen molar-refractivity contribution in [2.24, 2.45) is 11.8 Å². The van der Waals surface area contributed by atoms with Crippen LogP contribution in [0, 0.1) is 11.8 Å². The van der Waals surface area contributed by atoms with Gasteiger partial charge in [-0.2, -0.15) is 15.0 Å². The van der Waals surface area contributed by atoms with Crippen LogP contribution in [0.25, 0.3) is 0 Å². The highest BCUT2D eigenvalue weighted by Gasteiger charge is 2.18. The van der Waals surface area contributed by atoms with Crippen molar-refractivity contribution in [2.45, 2.75) is 32.6 Å². The second kappa shape index (κ2) is 6.18. The van der Waals surface area contributed by atoms with E-state index in [2.05, 4.69) is 32.5 Å². The number of hydrogen-bond donors (Lipinski definition) is 2. The van der Waals surface area contributed by atoms with Crippen molar-refractivity contribution in [3.63, 3.8) is 0 Å². The van der Waals surface area contributed by atoms with Crippen LogP contribution < -0.4 is 10.6 Å². The lowest BCUT2D eigenvalue weighted by Gasteiger charge is -2.26. The Hall–Kier alpha value is -1.10. The number of hydrogen-bond acceptors (Lipinski definition) is 5. The molecule has 1 fully saturated rings. The highest BCUT2D eigenvalue weighted by molar-refractivity contribution is 6.28. The van der Waals surface area contributed by atoms with Gasteiger partial charge in [-0.05, 0) is 36.3 Å². The molecular weight excluding hydrogens is 250 g/mol. The van der Waals surface area contributed by atoms with Gasteiger partial charge in [-0.25, -0.2) is 0 Å². The highest BCUT2D eigenvalue weighted by Crippen LogP contribution is 2.28. The topological polar surface area (TPSA) is 62.7 Å². The molecule has 0 aromatic carbocycles. The molecule has 1 saturated carbocycles. The molecule has 0 atom stereocenters. The van der Waals surface area contributed by atoms with Crippen LogP contribution in [0.3, 0.4) is 0 Å². The van der Waals surface area contributed by atoms with E-state index in [0.29, 0.717) is 11.9 Å². The van der Waals surface area contributed by atoms with Crippen LogP contribution in [0.1, 0.15) is 32.6 Å². The lowest BCUT2D eigenvalue weighted by molar-refractivity contribution is 0.300. The maximum Gasteiger partial charge on any atom is 0.228 e. The molecule has 0 aliphatic heterocycles. The molecule has 0 unspecified atom stereocenters. The molecule has 1 aliphatic carbocycles. The first-order valence-electron chi connectivity index (χ1n) is 6.50. The molecule has 1 aromatic heterocycles. The number of aromatic nitrogens is 3. The Morgan fingerprint density at radius 3 is 2.44 bits per heavy atom. The molecule has 5 nitrogen and oxygen atoms in total. The van der Waals surface area contributed by atoms with Crippen LogP contribution >= 0.6 is 11.6 Å². The zero-order chi connectivity index (χ0) is 13.0. The van der Waals surface area contributed by atoms with Crippen LogP contribution in [0.4, 0.5) is 11.9 Å². The van der Waals surface area contributed by atoms with Gasteiger partial charge in [0.25, 0.3) is 0 Å². The zero-order valence-electron chi connectivity index (χ0n) is 10.9. The molecule has 2 N–H and O–H groups in total. The summed E-state index contributed by atoms with van der Waals surface area (Å²) in [7, 11) is 1.76. The van der Waals surface area contributed by atoms with Gasteiger partial charge in [0, 0.05) is 13.6 Å². The molecular formula is C12H20ClN5. The third-order valence-electron chi connectivity index (χ3n) is 3.52.